The average Bonchev–Trinajstić information content (AvgIpc) is 2.51. The lowest BCUT2D eigenvalue weighted by Gasteiger charge is -2.31. The Kier molecular flexibility index (Phi) is 6.04. The minimum atomic E-state index is -4.43. The molecule has 2 rings (SSSR count). The smallest absolute Gasteiger partial charge is 0.422 e. The van der Waals surface area contributed by atoms with Gasteiger partial charge in [0, 0.05) is 18.8 Å². The molecule has 0 atom stereocenters. The molecule has 8 heteroatoms. The van der Waals surface area contributed by atoms with E-state index in [2.05, 4.69) is 15.0 Å². The number of carbonyl (C=O) groups is 1. The number of carbonyl (C=O) groups excluding carboxylic acids is 1. The van der Waals surface area contributed by atoms with Gasteiger partial charge in [0.2, 0.25) is 11.8 Å². The molecule has 1 saturated carbocycles. The summed E-state index contributed by atoms with van der Waals surface area (Å²) < 4.78 is 40.9. The second-order valence-corrected chi connectivity index (χ2v) is 6.14. The maximum absolute atomic E-state index is 12.1. The van der Waals surface area contributed by atoms with Crippen LogP contribution < -0.4 is 10.1 Å². The van der Waals surface area contributed by atoms with Crippen molar-refractivity contribution in [3.8, 4) is 5.88 Å². The number of nitrogens with zero attached hydrogens (tertiary/aromatic N) is 1. The van der Waals surface area contributed by atoms with Crippen LogP contribution in [0.4, 0.5) is 13.2 Å². The minimum Gasteiger partial charge on any atom is -0.468 e. The third-order valence-corrected chi connectivity index (χ3v) is 3.95. The molecule has 1 aliphatic carbocycles. The highest BCUT2D eigenvalue weighted by atomic mass is 19.4. The summed E-state index contributed by atoms with van der Waals surface area (Å²) in [6.07, 6.45) is 1.05. The molecule has 0 aliphatic heterocycles. The van der Waals surface area contributed by atoms with Gasteiger partial charge in [-0.3, -0.25) is 4.79 Å². The molecule has 1 aliphatic rings. The molecule has 0 spiro atoms. The standard InChI is InChI=1S/C16H21F3N2O3/c17-16(18,19)11-24-14-8-12(4-7-20-14)10-21-13(22)9-15(23)5-2-1-3-6-15/h4,7-8,23H,1-3,5-6,9-11H2,(H,21,22). The summed E-state index contributed by atoms with van der Waals surface area (Å²) in [5.41, 5.74) is -0.368. The van der Waals surface area contributed by atoms with Gasteiger partial charge in [-0.15, -0.1) is 0 Å². The van der Waals surface area contributed by atoms with Crippen LogP contribution in [0.3, 0.4) is 0 Å². The van der Waals surface area contributed by atoms with Gasteiger partial charge < -0.3 is 15.2 Å². The van der Waals surface area contributed by atoms with Gasteiger partial charge in [-0.05, 0) is 24.5 Å². The predicted octanol–water partition coefficient (Wildman–Crippen LogP) is 2.72. The van der Waals surface area contributed by atoms with E-state index in [1.807, 2.05) is 0 Å². The zero-order valence-corrected chi connectivity index (χ0v) is 13.2. The summed E-state index contributed by atoms with van der Waals surface area (Å²) in [5, 5.41) is 13.0. The van der Waals surface area contributed by atoms with Crippen LogP contribution in [-0.2, 0) is 11.3 Å². The molecule has 1 aromatic heterocycles. The van der Waals surface area contributed by atoms with Gasteiger partial charge in [0.15, 0.2) is 6.61 Å². The van der Waals surface area contributed by atoms with Crippen molar-refractivity contribution in [1.29, 1.82) is 0 Å². The third kappa shape index (κ3) is 6.35. The fourth-order valence-electron chi connectivity index (χ4n) is 2.74. The van der Waals surface area contributed by atoms with Crippen molar-refractivity contribution in [3.63, 3.8) is 0 Å². The second kappa shape index (κ2) is 7.83. The van der Waals surface area contributed by atoms with Crippen LogP contribution in [0, 0.1) is 0 Å². The monoisotopic (exact) mass is 346 g/mol. The topological polar surface area (TPSA) is 71.5 Å². The van der Waals surface area contributed by atoms with E-state index in [0.29, 0.717) is 18.4 Å². The predicted molar refractivity (Wildman–Crippen MR) is 80.3 cm³/mol. The Hall–Kier alpha value is -1.83. The van der Waals surface area contributed by atoms with Gasteiger partial charge in [-0.1, -0.05) is 19.3 Å². The molecule has 0 unspecified atom stereocenters. The highest BCUT2D eigenvalue weighted by Crippen LogP contribution is 2.30. The first-order chi connectivity index (χ1) is 11.3. The number of nitrogens with one attached hydrogen (secondary N) is 1. The summed E-state index contributed by atoms with van der Waals surface area (Å²) in [7, 11) is 0. The normalized spacial score (nSPS) is 17.3. The van der Waals surface area contributed by atoms with Gasteiger partial charge in [-0.25, -0.2) is 4.98 Å². The summed E-state index contributed by atoms with van der Waals surface area (Å²) in [6.45, 7) is -1.28. The van der Waals surface area contributed by atoms with Crippen molar-refractivity contribution in [2.75, 3.05) is 6.61 Å². The number of hydrogen-bond donors (Lipinski definition) is 2. The van der Waals surface area contributed by atoms with Crippen molar-refractivity contribution in [1.82, 2.24) is 10.3 Å². The number of amides is 1. The van der Waals surface area contributed by atoms with Gasteiger partial charge in [-0.2, -0.15) is 13.2 Å². The molecule has 134 valence electrons. The average molecular weight is 346 g/mol. The lowest BCUT2D eigenvalue weighted by Crippen LogP contribution is -2.38. The van der Waals surface area contributed by atoms with E-state index in [4.69, 9.17) is 0 Å². The number of alkyl halides is 3. The fourth-order valence-corrected chi connectivity index (χ4v) is 2.74. The van der Waals surface area contributed by atoms with E-state index in [-0.39, 0.29) is 24.8 Å². The van der Waals surface area contributed by atoms with Crippen LogP contribution in [0.5, 0.6) is 5.88 Å². The van der Waals surface area contributed by atoms with Crippen molar-refractivity contribution in [2.45, 2.75) is 56.8 Å². The zero-order chi connectivity index (χ0) is 17.6. The van der Waals surface area contributed by atoms with Crippen LogP contribution in [0.2, 0.25) is 0 Å². The van der Waals surface area contributed by atoms with Gasteiger partial charge >= 0.3 is 6.18 Å². The Balaban J connectivity index is 1.82. The molecule has 0 aromatic carbocycles. The van der Waals surface area contributed by atoms with Gasteiger partial charge in [0.05, 0.1) is 12.0 Å². The molecule has 0 bridgehead atoms. The fraction of sp³-hybridized carbons (Fsp3) is 0.625. The molecule has 24 heavy (non-hydrogen) atoms. The number of aliphatic hydroxyl groups is 1. The molecule has 2 N–H and O–H groups in total. The number of pyridine rings is 1. The Morgan fingerprint density at radius 1 is 1.33 bits per heavy atom. The highest BCUT2D eigenvalue weighted by molar-refractivity contribution is 5.77. The van der Waals surface area contributed by atoms with Crippen molar-refractivity contribution < 1.29 is 27.8 Å². The molecule has 1 heterocycles. The highest BCUT2D eigenvalue weighted by Gasteiger charge is 2.31. The summed E-state index contributed by atoms with van der Waals surface area (Å²) in [4.78, 5) is 15.7. The Bertz CT molecular complexity index is 558. The number of ether oxygens (including phenoxy) is 1. The molecule has 1 aromatic rings. The van der Waals surface area contributed by atoms with E-state index in [9.17, 15) is 23.1 Å². The number of halogens is 3. The van der Waals surface area contributed by atoms with Gasteiger partial charge in [0.25, 0.3) is 0 Å². The second-order valence-electron chi connectivity index (χ2n) is 6.14. The van der Waals surface area contributed by atoms with Crippen molar-refractivity contribution in [2.24, 2.45) is 0 Å². The maximum atomic E-state index is 12.1. The molecule has 0 saturated heterocycles. The van der Waals surface area contributed by atoms with E-state index in [1.54, 1.807) is 6.07 Å². The largest absolute Gasteiger partial charge is 0.468 e. The minimum absolute atomic E-state index is 0.0372. The van der Waals surface area contributed by atoms with Gasteiger partial charge in [0.1, 0.15) is 0 Å². The zero-order valence-electron chi connectivity index (χ0n) is 13.2. The van der Waals surface area contributed by atoms with E-state index in [1.165, 1.54) is 12.3 Å². The van der Waals surface area contributed by atoms with Crippen LogP contribution >= 0.6 is 0 Å². The van der Waals surface area contributed by atoms with E-state index < -0.39 is 18.4 Å². The summed E-state index contributed by atoms with van der Waals surface area (Å²) >= 11 is 0. The molecule has 5 nitrogen and oxygen atoms in total. The van der Waals surface area contributed by atoms with Crippen LogP contribution in [-0.4, -0.2) is 34.4 Å². The first-order valence-corrected chi connectivity index (χ1v) is 7.89. The Morgan fingerprint density at radius 3 is 2.71 bits per heavy atom. The number of rotatable bonds is 6. The maximum Gasteiger partial charge on any atom is 0.422 e. The van der Waals surface area contributed by atoms with Crippen LogP contribution in [0.1, 0.15) is 44.1 Å². The summed E-state index contributed by atoms with van der Waals surface area (Å²) in [6, 6.07) is 2.93. The van der Waals surface area contributed by atoms with E-state index >= 15 is 0 Å². The van der Waals surface area contributed by atoms with E-state index in [0.717, 1.165) is 19.3 Å². The summed E-state index contributed by atoms with van der Waals surface area (Å²) in [5.74, 6) is -0.432. The Morgan fingerprint density at radius 2 is 2.04 bits per heavy atom. The Labute approximate surface area is 138 Å². The lowest BCUT2D eigenvalue weighted by atomic mass is 9.82. The van der Waals surface area contributed by atoms with Crippen molar-refractivity contribution in [3.05, 3.63) is 23.9 Å². The quantitative estimate of drug-likeness (QED) is 0.831. The van der Waals surface area contributed by atoms with Crippen LogP contribution in [0.25, 0.3) is 0 Å². The molecule has 0 radical (unpaired) electrons. The number of hydrogen-bond acceptors (Lipinski definition) is 4. The third-order valence-electron chi connectivity index (χ3n) is 3.95. The number of aromatic nitrogens is 1. The molecular formula is C16H21F3N2O3. The lowest BCUT2D eigenvalue weighted by molar-refractivity contribution is -0.154. The van der Waals surface area contributed by atoms with Crippen LogP contribution in [0.15, 0.2) is 18.3 Å². The molecule has 1 fully saturated rings. The van der Waals surface area contributed by atoms with Crippen molar-refractivity contribution >= 4 is 5.91 Å². The first kappa shape index (κ1) is 18.5. The SMILES string of the molecule is O=C(CC1(O)CCCCC1)NCc1ccnc(OCC(F)(F)F)c1. The molecular weight excluding hydrogens is 325 g/mol. The first-order valence-electron chi connectivity index (χ1n) is 7.89. The molecule has 1 amide bonds.